The first-order chi connectivity index (χ1) is 8.95. The molecular weight excluding hydrogens is 246 g/mol. The molecule has 0 aliphatic rings. The maximum atomic E-state index is 11.3. The van der Waals surface area contributed by atoms with Crippen LogP contribution in [-0.2, 0) is 7.05 Å². The minimum Gasteiger partial charge on any atom is -0.477 e. The van der Waals surface area contributed by atoms with Crippen LogP contribution >= 0.6 is 0 Å². The normalized spacial score (nSPS) is 12.1. The molecule has 2 heterocycles. The van der Waals surface area contributed by atoms with Gasteiger partial charge in [0.1, 0.15) is 11.3 Å². The van der Waals surface area contributed by atoms with E-state index in [1.165, 1.54) is 6.20 Å². The molecule has 2 aromatic heterocycles. The van der Waals surface area contributed by atoms with Crippen LogP contribution in [0.3, 0.4) is 0 Å². The van der Waals surface area contributed by atoms with Crippen LogP contribution in [0.15, 0.2) is 6.20 Å². The van der Waals surface area contributed by atoms with E-state index >= 15 is 0 Å². The van der Waals surface area contributed by atoms with Gasteiger partial charge < -0.3 is 9.84 Å². The summed E-state index contributed by atoms with van der Waals surface area (Å²) >= 11 is 0. The van der Waals surface area contributed by atoms with Gasteiger partial charge in [0.15, 0.2) is 11.8 Å². The average Bonchev–Trinajstić information content (AvgIpc) is 2.65. The Bertz CT molecular complexity index is 697. The van der Waals surface area contributed by atoms with Crippen molar-refractivity contribution in [3.63, 3.8) is 0 Å². The number of terminal acetylenes is 1. The van der Waals surface area contributed by atoms with Crippen LogP contribution in [0, 0.1) is 19.3 Å². The van der Waals surface area contributed by atoms with E-state index in [-0.39, 0.29) is 11.3 Å². The van der Waals surface area contributed by atoms with Crippen LogP contribution in [0.5, 0.6) is 5.75 Å². The Hall–Kier alpha value is -2.55. The fourth-order valence-corrected chi connectivity index (χ4v) is 1.86. The third-order valence-electron chi connectivity index (χ3n) is 2.74. The van der Waals surface area contributed by atoms with Crippen molar-refractivity contribution in [3.05, 3.63) is 17.5 Å². The highest BCUT2D eigenvalue weighted by molar-refractivity contribution is 5.98. The highest BCUT2D eigenvalue weighted by Gasteiger charge is 2.21. The summed E-state index contributed by atoms with van der Waals surface area (Å²) in [7, 11) is 1.73. The summed E-state index contributed by atoms with van der Waals surface area (Å²) in [4.78, 5) is 15.4. The molecule has 0 bridgehead atoms. The summed E-state index contributed by atoms with van der Waals surface area (Å²) in [6.45, 7) is 3.44. The van der Waals surface area contributed by atoms with E-state index in [2.05, 4.69) is 16.0 Å². The van der Waals surface area contributed by atoms with E-state index in [4.69, 9.17) is 11.2 Å². The SMILES string of the molecule is C#CC(C)Oc1c(C(=O)O)cnc2c1c(C)nn2C. The lowest BCUT2D eigenvalue weighted by Crippen LogP contribution is -2.12. The molecule has 6 nitrogen and oxygen atoms in total. The van der Waals surface area contributed by atoms with Crippen molar-refractivity contribution < 1.29 is 14.6 Å². The Kier molecular flexibility index (Phi) is 3.13. The number of pyridine rings is 1. The molecule has 1 N–H and O–H groups in total. The van der Waals surface area contributed by atoms with E-state index < -0.39 is 12.1 Å². The minimum absolute atomic E-state index is 0.0225. The van der Waals surface area contributed by atoms with E-state index in [1.54, 1.807) is 25.6 Å². The van der Waals surface area contributed by atoms with Gasteiger partial charge in [-0.15, -0.1) is 6.42 Å². The number of ether oxygens (including phenoxy) is 1. The second-order valence-corrected chi connectivity index (χ2v) is 4.14. The molecule has 0 spiro atoms. The molecule has 0 saturated carbocycles. The number of carbonyl (C=O) groups is 1. The lowest BCUT2D eigenvalue weighted by Gasteiger charge is -2.12. The number of rotatable bonds is 3. The van der Waals surface area contributed by atoms with Crippen molar-refractivity contribution in [3.8, 4) is 18.1 Å². The maximum Gasteiger partial charge on any atom is 0.341 e. The van der Waals surface area contributed by atoms with Gasteiger partial charge in [-0.05, 0) is 13.8 Å². The standard InChI is InChI=1S/C13H13N3O3/c1-5-7(2)19-11-9(13(17)18)6-14-12-10(11)8(3)15-16(12)4/h1,6-7H,2-4H3,(H,17,18). The monoisotopic (exact) mass is 259 g/mol. The van der Waals surface area contributed by atoms with E-state index in [0.717, 1.165) is 0 Å². The molecule has 98 valence electrons. The van der Waals surface area contributed by atoms with Gasteiger partial charge in [0.25, 0.3) is 0 Å². The van der Waals surface area contributed by atoms with Crippen molar-refractivity contribution in [1.29, 1.82) is 0 Å². The Morgan fingerprint density at radius 2 is 2.32 bits per heavy atom. The first kappa shape index (κ1) is 12.9. The second kappa shape index (κ2) is 4.61. The van der Waals surface area contributed by atoms with Crippen molar-refractivity contribution >= 4 is 17.0 Å². The number of aromatic nitrogens is 3. The number of hydrogen-bond acceptors (Lipinski definition) is 4. The highest BCUT2D eigenvalue weighted by atomic mass is 16.5. The van der Waals surface area contributed by atoms with Gasteiger partial charge in [-0.2, -0.15) is 5.10 Å². The number of carboxylic acid groups (broad SMARTS) is 1. The quantitative estimate of drug-likeness (QED) is 0.842. The first-order valence-electron chi connectivity index (χ1n) is 5.64. The van der Waals surface area contributed by atoms with Crippen LogP contribution in [-0.4, -0.2) is 31.9 Å². The van der Waals surface area contributed by atoms with Crippen LogP contribution < -0.4 is 4.74 Å². The number of fused-ring (bicyclic) bond motifs is 1. The molecule has 0 aromatic carbocycles. The molecule has 0 aliphatic heterocycles. The highest BCUT2D eigenvalue weighted by Crippen LogP contribution is 2.31. The smallest absolute Gasteiger partial charge is 0.341 e. The Morgan fingerprint density at radius 3 is 2.89 bits per heavy atom. The van der Waals surface area contributed by atoms with Gasteiger partial charge in [0.2, 0.25) is 0 Å². The maximum absolute atomic E-state index is 11.3. The number of hydrogen-bond donors (Lipinski definition) is 1. The van der Waals surface area contributed by atoms with Crippen LogP contribution in [0.25, 0.3) is 11.0 Å². The molecule has 6 heteroatoms. The summed E-state index contributed by atoms with van der Waals surface area (Å²) in [5.74, 6) is 1.51. The summed E-state index contributed by atoms with van der Waals surface area (Å²) in [5, 5.41) is 14.0. The third kappa shape index (κ3) is 2.10. The predicted octanol–water partition coefficient (Wildman–Crippen LogP) is 1.38. The van der Waals surface area contributed by atoms with Gasteiger partial charge in [-0.3, -0.25) is 4.68 Å². The average molecular weight is 259 g/mol. The molecule has 1 atom stereocenters. The van der Waals surface area contributed by atoms with Crippen molar-refractivity contribution in [1.82, 2.24) is 14.8 Å². The number of nitrogens with zero attached hydrogens (tertiary/aromatic N) is 3. The molecule has 0 fully saturated rings. The zero-order valence-electron chi connectivity index (χ0n) is 10.8. The number of aromatic carboxylic acids is 1. The molecule has 1 unspecified atom stereocenters. The number of carboxylic acids is 1. The van der Waals surface area contributed by atoms with E-state index in [0.29, 0.717) is 16.7 Å². The first-order valence-corrected chi connectivity index (χ1v) is 5.64. The zero-order chi connectivity index (χ0) is 14.2. The van der Waals surface area contributed by atoms with Crippen LogP contribution in [0.4, 0.5) is 0 Å². The van der Waals surface area contributed by atoms with Gasteiger partial charge in [-0.1, -0.05) is 5.92 Å². The Balaban J connectivity index is 2.76. The molecule has 0 aliphatic carbocycles. The minimum atomic E-state index is -1.11. The summed E-state index contributed by atoms with van der Waals surface area (Å²) in [6.07, 6.45) is 5.99. The van der Waals surface area contributed by atoms with Crippen molar-refractivity contribution in [2.45, 2.75) is 20.0 Å². The van der Waals surface area contributed by atoms with Crippen LogP contribution in [0.2, 0.25) is 0 Å². The fraction of sp³-hybridized carbons (Fsp3) is 0.308. The lowest BCUT2D eigenvalue weighted by atomic mass is 10.1. The summed E-state index contributed by atoms with van der Waals surface area (Å²) in [5.41, 5.74) is 1.18. The summed E-state index contributed by atoms with van der Waals surface area (Å²) < 4.78 is 7.13. The van der Waals surface area contributed by atoms with E-state index in [1.807, 2.05) is 0 Å². The molecular formula is C13H13N3O3. The molecule has 0 saturated heterocycles. The zero-order valence-corrected chi connectivity index (χ0v) is 10.8. The van der Waals surface area contributed by atoms with Gasteiger partial charge >= 0.3 is 5.97 Å². The van der Waals surface area contributed by atoms with Crippen molar-refractivity contribution in [2.75, 3.05) is 0 Å². The van der Waals surface area contributed by atoms with Gasteiger partial charge in [0, 0.05) is 13.2 Å². The van der Waals surface area contributed by atoms with Gasteiger partial charge in [-0.25, -0.2) is 9.78 Å². The summed E-state index contributed by atoms with van der Waals surface area (Å²) in [6, 6.07) is 0. The molecule has 0 amide bonds. The largest absolute Gasteiger partial charge is 0.477 e. The van der Waals surface area contributed by atoms with E-state index in [9.17, 15) is 9.90 Å². The fourth-order valence-electron chi connectivity index (χ4n) is 1.86. The van der Waals surface area contributed by atoms with Crippen molar-refractivity contribution in [2.24, 2.45) is 7.05 Å². The van der Waals surface area contributed by atoms with Gasteiger partial charge in [0.05, 0.1) is 11.1 Å². The molecule has 2 rings (SSSR count). The Morgan fingerprint density at radius 1 is 1.63 bits per heavy atom. The lowest BCUT2D eigenvalue weighted by molar-refractivity contribution is 0.0691. The molecule has 19 heavy (non-hydrogen) atoms. The van der Waals surface area contributed by atoms with Crippen LogP contribution in [0.1, 0.15) is 23.0 Å². The Labute approximate surface area is 110 Å². The second-order valence-electron chi connectivity index (χ2n) is 4.14. The third-order valence-corrected chi connectivity index (χ3v) is 2.74. The predicted molar refractivity (Wildman–Crippen MR) is 69.1 cm³/mol. The topological polar surface area (TPSA) is 77.2 Å². The number of aryl methyl sites for hydroxylation is 2. The molecule has 0 radical (unpaired) electrons. The molecule has 2 aromatic rings.